The van der Waals surface area contributed by atoms with Crippen LogP contribution < -0.4 is 5.32 Å². The number of ether oxygens (including phenoxy) is 2. The second-order valence-corrected chi connectivity index (χ2v) is 21.1. The van der Waals surface area contributed by atoms with Gasteiger partial charge in [0.25, 0.3) is 0 Å². The molecule has 78 heavy (non-hydrogen) atoms. The fourth-order valence-electron chi connectivity index (χ4n) is 9.03. The van der Waals surface area contributed by atoms with Gasteiger partial charge in [-0.3, -0.25) is 4.79 Å². The summed E-state index contributed by atoms with van der Waals surface area (Å²) in [5, 5.41) is 54.6. The highest BCUT2D eigenvalue weighted by Crippen LogP contribution is 2.23. The Bertz CT molecular complexity index is 1690. The van der Waals surface area contributed by atoms with Crippen molar-refractivity contribution in [3.05, 3.63) is 134 Å². The normalized spacial score (nSPS) is 19.6. The molecule has 9 nitrogen and oxygen atoms in total. The van der Waals surface area contributed by atoms with Crippen molar-refractivity contribution >= 4 is 5.91 Å². The average molecular weight is 1090 g/mol. The van der Waals surface area contributed by atoms with Gasteiger partial charge in [0.1, 0.15) is 24.4 Å². The molecule has 9 heteroatoms. The number of allylic oxidation sites excluding steroid dienone is 21. The topological polar surface area (TPSA) is 149 Å². The lowest BCUT2D eigenvalue weighted by atomic mass is 9.99. The molecule has 444 valence electrons. The second-order valence-electron chi connectivity index (χ2n) is 21.1. The SMILES string of the molecule is CC/C=C\C/C=C\C/C=C\C/C=C\C/C=C\C/C=C\C/C=C\C/C=C\CCCCC(=O)NC(COC1OC(CO)C(O)C(O)C1O)C(O)/C=C/CC/C=C/CC/C=C/CCCCCCCCCCCCCCCCCCCC. The van der Waals surface area contributed by atoms with Gasteiger partial charge in [0.15, 0.2) is 6.29 Å². The predicted octanol–water partition coefficient (Wildman–Crippen LogP) is 16.5. The maximum absolute atomic E-state index is 13.1. The monoisotopic (exact) mass is 1090 g/mol. The van der Waals surface area contributed by atoms with Crippen LogP contribution in [-0.2, 0) is 14.3 Å². The molecule has 0 radical (unpaired) electrons. The van der Waals surface area contributed by atoms with Crippen LogP contribution in [0.3, 0.4) is 0 Å². The fraction of sp³-hybridized carbons (Fsp3) is 0.667. The van der Waals surface area contributed by atoms with Gasteiger partial charge >= 0.3 is 0 Å². The number of unbranched alkanes of at least 4 members (excludes halogenated alkanes) is 22. The van der Waals surface area contributed by atoms with Gasteiger partial charge in [0.05, 0.1) is 25.4 Å². The summed E-state index contributed by atoms with van der Waals surface area (Å²) in [6.07, 6.45) is 79.6. The van der Waals surface area contributed by atoms with Crippen molar-refractivity contribution in [2.45, 2.75) is 281 Å². The predicted molar refractivity (Wildman–Crippen MR) is 331 cm³/mol. The van der Waals surface area contributed by atoms with Crippen LogP contribution in [0, 0.1) is 0 Å². The molecule has 1 rings (SSSR count). The van der Waals surface area contributed by atoms with Crippen molar-refractivity contribution in [1.82, 2.24) is 5.32 Å². The minimum Gasteiger partial charge on any atom is -0.394 e. The molecular weight excluding hydrogens is 971 g/mol. The summed E-state index contributed by atoms with van der Waals surface area (Å²) < 4.78 is 11.2. The number of aliphatic hydroxyl groups is 5. The van der Waals surface area contributed by atoms with E-state index >= 15 is 0 Å². The Morgan fingerprint density at radius 3 is 1.23 bits per heavy atom. The number of hydrogen-bond acceptors (Lipinski definition) is 8. The zero-order valence-corrected chi connectivity index (χ0v) is 49.4. The summed E-state index contributed by atoms with van der Waals surface area (Å²) in [7, 11) is 0. The first-order chi connectivity index (χ1) is 38.3. The summed E-state index contributed by atoms with van der Waals surface area (Å²) in [6, 6.07) is -0.864. The maximum atomic E-state index is 13.1. The average Bonchev–Trinajstić information content (AvgIpc) is 3.45. The number of nitrogens with one attached hydrogen (secondary N) is 1. The molecule has 1 saturated heterocycles. The Morgan fingerprint density at radius 2 is 0.808 bits per heavy atom. The standard InChI is InChI=1S/C69H115NO8/c1-3-5-7-9-11-13-15-17-19-21-23-25-27-29-31-33-34-36-38-40-42-44-46-48-50-52-54-56-58-63(72)62(61-77-69-68(76)67(75)66(74)64(60-71)78-69)70-65(73)59-57-55-53-51-49-47-45-43-41-39-37-35-32-30-28-26-24-22-20-18-16-14-12-10-8-6-4-2/h6,8,12,14,18,20,24,26,30,32,37,39-40,42-43,45,48-51,56,58,62-64,66-69,71-72,74-76H,3-5,7,9-11,13,15-17,19,21-23,25,27-29,31,33-36,38,41,44,46-47,52-55,57,59-61H2,1-2H3,(H,70,73)/b8-6-,14-12-,20-18-,26-24-,32-30-,39-37-,42-40+,45-43-,50-48+,51-49-,58-56+. The van der Waals surface area contributed by atoms with E-state index in [-0.39, 0.29) is 18.9 Å². The summed E-state index contributed by atoms with van der Waals surface area (Å²) in [4.78, 5) is 13.1. The van der Waals surface area contributed by atoms with Crippen molar-refractivity contribution < 1.29 is 39.8 Å². The molecule has 0 bridgehead atoms. The van der Waals surface area contributed by atoms with Crippen molar-refractivity contribution in [1.29, 1.82) is 0 Å². The minimum absolute atomic E-state index is 0.233. The van der Waals surface area contributed by atoms with Gasteiger partial charge in [-0.05, 0) is 109 Å². The second kappa shape index (κ2) is 56.6. The molecule has 0 spiro atoms. The van der Waals surface area contributed by atoms with Crippen LogP contribution in [0.15, 0.2) is 134 Å². The molecule has 1 aliphatic heterocycles. The lowest BCUT2D eigenvalue weighted by molar-refractivity contribution is -0.302. The maximum Gasteiger partial charge on any atom is 0.220 e. The van der Waals surface area contributed by atoms with Crippen molar-refractivity contribution in [3.8, 4) is 0 Å². The quantitative estimate of drug-likeness (QED) is 0.0261. The first-order valence-electron chi connectivity index (χ1n) is 31.4. The Kier molecular flexibility index (Phi) is 52.5. The summed E-state index contributed by atoms with van der Waals surface area (Å²) >= 11 is 0. The molecule has 0 aromatic heterocycles. The third kappa shape index (κ3) is 45.1. The van der Waals surface area contributed by atoms with E-state index in [1.165, 1.54) is 116 Å². The number of amides is 1. The molecule has 0 saturated carbocycles. The summed E-state index contributed by atoms with van der Waals surface area (Å²) in [6.45, 7) is 3.62. The molecule has 0 aromatic rings. The highest BCUT2D eigenvalue weighted by Gasteiger charge is 2.44. The van der Waals surface area contributed by atoms with E-state index in [0.717, 1.165) is 89.9 Å². The molecule has 1 heterocycles. The van der Waals surface area contributed by atoms with E-state index < -0.39 is 49.5 Å². The first-order valence-corrected chi connectivity index (χ1v) is 31.4. The molecular formula is C69H115NO8. The van der Waals surface area contributed by atoms with Crippen LogP contribution in [0.4, 0.5) is 0 Å². The lowest BCUT2D eigenvalue weighted by Gasteiger charge is -2.40. The number of hydrogen-bond donors (Lipinski definition) is 6. The lowest BCUT2D eigenvalue weighted by Crippen LogP contribution is -2.60. The summed E-state index contributed by atoms with van der Waals surface area (Å²) in [5.41, 5.74) is 0. The van der Waals surface area contributed by atoms with Gasteiger partial charge in [0, 0.05) is 6.42 Å². The van der Waals surface area contributed by atoms with Gasteiger partial charge in [0.2, 0.25) is 5.91 Å². The zero-order valence-electron chi connectivity index (χ0n) is 49.4. The minimum atomic E-state index is -1.59. The molecule has 7 atom stereocenters. The van der Waals surface area contributed by atoms with Crippen LogP contribution in [0.1, 0.15) is 239 Å². The molecule has 0 aliphatic carbocycles. The van der Waals surface area contributed by atoms with Gasteiger partial charge in [-0.2, -0.15) is 0 Å². The molecule has 7 unspecified atom stereocenters. The molecule has 6 N–H and O–H groups in total. The smallest absolute Gasteiger partial charge is 0.220 e. The Labute approximate surface area is 477 Å². The van der Waals surface area contributed by atoms with E-state index in [1.807, 2.05) is 6.08 Å². The third-order valence-corrected chi connectivity index (χ3v) is 13.9. The zero-order chi connectivity index (χ0) is 56.5. The Balaban J connectivity index is 2.29. The van der Waals surface area contributed by atoms with E-state index in [9.17, 15) is 30.3 Å². The van der Waals surface area contributed by atoms with Crippen LogP contribution in [-0.4, -0.2) is 87.5 Å². The van der Waals surface area contributed by atoms with E-state index in [1.54, 1.807) is 6.08 Å². The molecule has 1 aliphatic rings. The van der Waals surface area contributed by atoms with Gasteiger partial charge in [-0.15, -0.1) is 0 Å². The van der Waals surface area contributed by atoms with Crippen LogP contribution >= 0.6 is 0 Å². The van der Waals surface area contributed by atoms with E-state index in [0.29, 0.717) is 12.8 Å². The van der Waals surface area contributed by atoms with Crippen LogP contribution in [0.2, 0.25) is 0 Å². The largest absolute Gasteiger partial charge is 0.394 e. The van der Waals surface area contributed by atoms with Gasteiger partial charge in [-0.25, -0.2) is 0 Å². The van der Waals surface area contributed by atoms with Crippen LogP contribution in [0.25, 0.3) is 0 Å². The van der Waals surface area contributed by atoms with Crippen molar-refractivity contribution in [3.63, 3.8) is 0 Å². The first kappa shape index (κ1) is 72.3. The number of rotatable bonds is 52. The van der Waals surface area contributed by atoms with Gasteiger partial charge < -0.3 is 40.3 Å². The summed E-state index contributed by atoms with van der Waals surface area (Å²) in [5.74, 6) is -0.237. The molecule has 0 aromatic carbocycles. The fourth-order valence-corrected chi connectivity index (χ4v) is 9.03. The molecule has 1 amide bonds. The van der Waals surface area contributed by atoms with Crippen molar-refractivity contribution in [2.24, 2.45) is 0 Å². The van der Waals surface area contributed by atoms with Gasteiger partial charge in [-0.1, -0.05) is 257 Å². The van der Waals surface area contributed by atoms with E-state index in [2.05, 4.69) is 141 Å². The highest BCUT2D eigenvalue weighted by molar-refractivity contribution is 5.76. The Morgan fingerprint density at radius 1 is 0.449 bits per heavy atom. The number of aliphatic hydroxyl groups excluding tert-OH is 5. The Hall–Kier alpha value is -3.67. The van der Waals surface area contributed by atoms with E-state index in [4.69, 9.17) is 9.47 Å². The third-order valence-electron chi connectivity index (χ3n) is 13.9. The molecule has 1 fully saturated rings. The van der Waals surface area contributed by atoms with Crippen molar-refractivity contribution in [2.75, 3.05) is 13.2 Å². The number of carbonyl (C=O) groups excluding carboxylic acids is 1. The highest BCUT2D eigenvalue weighted by atomic mass is 16.7. The number of carbonyl (C=O) groups is 1. The van der Waals surface area contributed by atoms with Crippen LogP contribution in [0.5, 0.6) is 0 Å².